The van der Waals surface area contributed by atoms with Crippen LogP contribution in [0.1, 0.15) is 11.1 Å². The van der Waals surface area contributed by atoms with E-state index in [4.69, 9.17) is 4.74 Å². The standard InChI is InChI=1S/C23H26F3N7O3S/c1-32(37(2,34)35)21-16(5-4-8-27-21)14-28-20-19(23(24,25)26)15-29-22(31-20)30-17-6-3-7-18(13-17)33-9-11-36-12-10-33/h3-8,13,15H,9-12,14H2,1-2H3,(H2,28,29,30,31). The first kappa shape index (κ1) is 26.4. The second-order valence-corrected chi connectivity index (χ2v) is 10.3. The van der Waals surface area contributed by atoms with Gasteiger partial charge < -0.3 is 20.3 Å². The molecule has 0 unspecified atom stereocenters. The van der Waals surface area contributed by atoms with Gasteiger partial charge in [-0.25, -0.2) is 18.4 Å². The lowest BCUT2D eigenvalue weighted by molar-refractivity contribution is -0.137. The number of pyridine rings is 1. The number of morpholine rings is 1. The van der Waals surface area contributed by atoms with Gasteiger partial charge in [-0.05, 0) is 24.3 Å². The molecule has 14 heteroatoms. The van der Waals surface area contributed by atoms with Gasteiger partial charge in [-0.1, -0.05) is 12.1 Å². The number of ether oxygens (including phenoxy) is 1. The van der Waals surface area contributed by atoms with Crippen molar-refractivity contribution in [2.75, 3.05) is 59.4 Å². The predicted molar refractivity (Wildman–Crippen MR) is 135 cm³/mol. The highest BCUT2D eigenvalue weighted by Gasteiger charge is 2.35. The molecule has 1 aromatic carbocycles. The zero-order chi connectivity index (χ0) is 26.6. The van der Waals surface area contributed by atoms with Gasteiger partial charge in [-0.3, -0.25) is 4.31 Å². The van der Waals surface area contributed by atoms with Crippen LogP contribution in [0.4, 0.5) is 42.1 Å². The minimum atomic E-state index is -4.71. The van der Waals surface area contributed by atoms with Crippen LogP contribution in [0.15, 0.2) is 48.8 Å². The molecular formula is C23H26F3N7O3S. The zero-order valence-corrected chi connectivity index (χ0v) is 21.0. The molecule has 198 valence electrons. The van der Waals surface area contributed by atoms with E-state index in [2.05, 4.69) is 30.5 Å². The number of nitrogens with one attached hydrogen (secondary N) is 2. The number of halogens is 3. The summed E-state index contributed by atoms with van der Waals surface area (Å²) >= 11 is 0. The molecule has 0 bridgehead atoms. The van der Waals surface area contributed by atoms with Gasteiger partial charge in [0.2, 0.25) is 16.0 Å². The number of hydrogen-bond acceptors (Lipinski definition) is 9. The molecule has 0 saturated carbocycles. The molecular weight excluding hydrogens is 511 g/mol. The molecule has 3 aromatic rings. The van der Waals surface area contributed by atoms with Crippen LogP contribution in [0.25, 0.3) is 0 Å². The second-order valence-electron chi connectivity index (χ2n) is 8.30. The smallest absolute Gasteiger partial charge is 0.378 e. The maximum atomic E-state index is 13.7. The van der Waals surface area contributed by atoms with Gasteiger partial charge in [-0.2, -0.15) is 18.2 Å². The largest absolute Gasteiger partial charge is 0.421 e. The van der Waals surface area contributed by atoms with Gasteiger partial charge in [0.05, 0.1) is 19.5 Å². The first-order valence-corrected chi connectivity index (χ1v) is 13.1. The van der Waals surface area contributed by atoms with E-state index in [1.807, 2.05) is 18.2 Å². The molecule has 0 amide bonds. The quantitative estimate of drug-likeness (QED) is 0.446. The number of alkyl halides is 3. The molecule has 2 aromatic heterocycles. The first-order valence-electron chi connectivity index (χ1n) is 11.3. The second kappa shape index (κ2) is 10.8. The summed E-state index contributed by atoms with van der Waals surface area (Å²) < 4.78 is 71.4. The SMILES string of the molecule is CN(c1ncccc1CNc1nc(Nc2cccc(N3CCOCC3)c2)ncc1C(F)(F)F)S(C)(=O)=O. The lowest BCUT2D eigenvalue weighted by atomic mass is 10.2. The van der Waals surface area contributed by atoms with Crippen LogP contribution in [0, 0.1) is 0 Å². The Balaban J connectivity index is 1.58. The monoisotopic (exact) mass is 537 g/mol. The lowest BCUT2D eigenvalue weighted by Crippen LogP contribution is -2.36. The summed E-state index contributed by atoms with van der Waals surface area (Å²) in [6.45, 7) is 2.55. The zero-order valence-electron chi connectivity index (χ0n) is 20.2. The van der Waals surface area contributed by atoms with Crippen LogP contribution in [-0.4, -0.2) is 63.0 Å². The van der Waals surface area contributed by atoms with Crippen LogP contribution in [0.5, 0.6) is 0 Å². The van der Waals surface area contributed by atoms with Crippen LogP contribution >= 0.6 is 0 Å². The minimum Gasteiger partial charge on any atom is -0.378 e. The first-order chi connectivity index (χ1) is 17.5. The molecule has 1 aliphatic rings. The fourth-order valence-electron chi connectivity index (χ4n) is 3.70. The number of hydrogen-bond donors (Lipinski definition) is 2. The molecule has 1 fully saturated rings. The van der Waals surface area contributed by atoms with Crippen LogP contribution in [-0.2, 0) is 27.5 Å². The summed E-state index contributed by atoms with van der Waals surface area (Å²) in [5.74, 6) is -0.390. The van der Waals surface area contributed by atoms with Crippen LogP contribution < -0.4 is 19.8 Å². The molecule has 0 spiro atoms. The Kier molecular flexibility index (Phi) is 7.68. The third-order valence-corrected chi connectivity index (χ3v) is 6.85. The fourth-order valence-corrected chi connectivity index (χ4v) is 4.18. The van der Waals surface area contributed by atoms with Crippen molar-refractivity contribution >= 4 is 39.0 Å². The van der Waals surface area contributed by atoms with Crippen molar-refractivity contribution < 1.29 is 26.3 Å². The maximum Gasteiger partial charge on any atom is 0.421 e. The predicted octanol–water partition coefficient (Wildman–Crippen LogP) is 3.48. The average molecular weight is 538 g/mol. The van der Waals surface area contributed by atoms with Gasteiger partial charge in [0.1, 0.15) is 17.2 Å². The molecule has 3 heterocycles. The summed E-state index contributed by atoms with van der Waals surface area (Å²) in [6, 6.07) is 10.5. The third-order valence-electron chi connectivity index (χ3n) is 5.68. The Hall–Kier alpha value is -3.65. The molecule has 4 rings (SSSR count). The maximum absolute atomic E-state index is 13.7. The molecule has 1 aliphatic heterocycles. The summed E-state index contributed by atoms with van der Waals surface area (Å²) in [6.07, 6.45) is -1.59. The number of benzene rings is 1. The van der Waals surface area contributed by atoms with Gasteiger partial charge in [0, 0.05) is 56.0 Å². The molecule has 0 atom stereocenters. The average Bonchev–Trinajstić information content (AvgIpc) is 2.87. The highest BCUT2D eigenvalue weighted by atomic mass is 32.2. The van der Waals surface area contributed by atoms with Crippen molar-refractivity contribution in [1.82, 2.24) is 15.0 Å². The number of anilines is 5. The molecule has 37 heavy (non-hydrogen) atoms. The highest BCUT2D eigenvalue weighted by molar-refractivity contribution is 7.92. The summed E-state index contributed by atoms with van der Waals surface area (Å²) in [4.78, 5) is 14.2. The Morgan fingerprint density at radius 2 is 1.89 bits per heavy atom. The van der Waals surface area contributed by atoms with E-state index in [0.29, 0.717) is 30.7 Å². The summed E-state index contributed by atoms with van der Waals surface area (Å²) in [5.41, 5.74) is 0.869. The van der Waals surface area contributed by atoms with Crippen molar-refractivity contribution in [3.8, 4) is 0 Å². The number of rotatable bonds is 8. The van der Waals surface area contributed by atoms with E-state index >= 15 is 0 Å². The number of aromatic nitrogens is 3. The number of nitrogens with zero attached hydrogens (tertiary/aromatic N) is 5. The van der Waals surface area contributed by atoms with E-state index in [0.717, 1.165) is 29.3 Å². The van der Waals surface area contributed by atoms with Crippen molar-refractivity contribution in [2.45, 2.75) is 12.7 Å². The van der Waals surface area contributed by atoms with Crippen molar-refractivity contribution in [2.24, 2.45) is 0 Å². The molecule has 1 saturated heterocycles. The van der Waals surface area contributed by atoms with E-state index < -0.39 is 27.6 Å². The fraction of sp³-hybridized carbons (Fsp3) is 0.348. The molecule has 0 radical (unpaired) electrons. The van der Waals surface area contributed by atoms with E-state index in [1.165, 1.54) is 13.2 Å². The van der Waals surface area contributed by atoms with E-state index in [-0.39, 0.29) is 18.3 Å². The normalized spacial score (nSPS) is 14.4. The van der Waals surface area contributed by atoms with E-state index in [9.17, 15) is 21.6 Å². The topological polar surface area (TPSA) is 113 Å². The Bertz CT molecular complexity index is 1350. The lowest BCUT2D eigenvalue weighted by Gasteiger charge is -2.29. The van der Waals surface area contributed by atoms with Gasteiger partial charge in [-0.15, -0.1) is 0 Å². The molecule has 2 N–H and O–H groups in total. The van der Waals surface area contributed by atoms with E-state index in [1.54, 1.807) is 18.2 Å². The summed E-state index contributed by atoms with van der Waals surface area (Å²) in [7, 11) is -2.31. The van der Waals surface area contributed by atoms with Crippen molar-refractivity contribution in [3.63, 3.8) is 0 Å². The number of sulfonamides is 1. The van der Waals surface area contributed by atoms with Gasteiger partial charge >= 0.3 is 6.18 Å². The minimum absolute atomic E-state index is 0.0331. The van der Waals surface area contributed by atoms with Crippen LogP contribution in [0.3, 0.4) is 0 Å². The van der Waals surface area contributed by atoms with Crippen molar-refractivity contribution in [3.05, 3.63) is 59.9 Å². The van der Waals surface area contributed by atoms with Crippen LogP contribution in [0.2, 0.25) is 0 Å². The van der Waals surface area contributed by atoms with Gasteiger partial charge in [0.25, 0.3) is 0 Å². The molecule has 10 nitrogen and oxygen atoms in total. The Labute approximate surface area is 212 Å². The van der Waals surface area contributed by atoms with Gasteiger partial charge in [0.15, 0.2) is 0 Å². The molecule has 0 aliphatic carbocycles. The Morgan fingerprint density at radius 3 is 2.59 bits per heavy atom. The Morgan fingerprint density at radius 1 is 1.14 bits per heavy atom. The van der Waals surface area contributed by atoms with Crippen molar-refractivity contribution in [1.29, 1.82) is 0 Å². The third kappa shape index (κ3) is 6.57. The highest BCUT2D eigenvalue weighted by Crippen LogP contribution is 2.35. The summed E-state index contributed by atoms with van der Waals surface area (Å²) in [5, 5.41) is 5.64.